The number of aliphatic carboxylic acids is 3. The quantitative estimate of drug-likeness (QED) is 0.00512. The van der Waals surface area contributed by atoms with Crippen LogP contribution in [0, 0.1) is 18.3 Å². The third-order valence-corrected chi connectivity index (χ3v) is 19.7. The third kappa shape index (κ3) is 18.5. The second-order valence-electron chi connectivity index (χ2n) is 24.3. The van der Waals surface area contributed by atoms with Crippen LogP contribution in [0.2, 0.25) is 0 Å². The van der Waals surface area contributed by atoms with Gasteiger partial charge in [-0.05, 0) is 126 Å². The van der Waals surface area contributed by atoms with Crippen molar-refractivity contribution in [2.24, 2.45) is 11.7 Å². The summed E-state index contributed by atoms with van der Waals surface area (Å²) in [6, 6.07) is 25.3. The first-order chi connectivity index (χ1) is 48.9. The molecular formula is C69H71ClN16O14S2. The number of carboxylic acid groups (broad SMARTS) is 3. The molecule has 0 saturated carbocycles. The molecule has 0 fully saturated rings. The van der Waals surface area contributed by atoms with E-state index in [2.05, 4.69) is 80.0 Å². The SMILES string of the molecule is Cc1cc2c(c3ccccc13)C(CCl)CN2C(=O)c1cc2cc(CC(=O)c3cc4cc(NC(=O)CCSSCC(NC(=O)[C@@H](CC(=O)O)NC(=O)[C@@H](CCCNC(=N)N)CC(=O)CC[C@@H](NC(=O)c5ccc(NCc6cnc7nc(N)[nH]c(=O)c7n6)cc5)C(=O)O)C(=O)O)ccc4[nH]3)ccc2[nH]1. The van der Waals surface area contributed by atoms with Gasteiger partial charge >= 0.3 is 17.9 Å². The predicted molar refractivity (Wildman–Crippen MR) is 387 cm³/mol. The lowest BCUT2D eigenvalue weighted by atomic mass is 9.93. The molecule has 0 bridgehead atoms. The molecule has 1 aliphatic rings. The van der Waals surface area contributed by atoms with Crippen LogP contribution in [-0.4, -0.2) is 159 Å². The van der Waals surface area contributed by atoms with E-state index in [1.807, 2.05) is 37.3 Å². The molecule has 102 heavy (non-hydrogen) atoms. The van der Waals surface area contributed by atoms with Gasteiger partial charge in [0.2, 0.25) is 23.7 Å². The maximum Gasteiger partial charge on any atom is 0.327 e. The van der Waals surface area contributed by atoms with Gasteiger partial charge in [-0.2, -0.15) is 4.98 Å². The van der Waals surface area contributed by atoms with Crippen molar-refractivity contribution in [3.63, 3.8) is 0 Å². The number of alkyl halides is 1. The largest absolute Gasteiger partial charge is 0.481 e. The molecule has 33 heteroatoms. The number of carboxylic acids is 3. The first kappa shape index (κ1) is 73.3. The number of Topliss-reactive ketones (excluding diaryl/α,β-unsaturated/α-hetero) is 2. The van der Waals surface area contributed by atoms with Crippen LogP contribution in [0.4, 0.5) is 23.0 Å². The van der Waals surface area contributed by atoms with Crippen molar-refractivity contribution in [2.45, 2.75) is 88.9 Å². The fourth-order valence-electron chi connectivity index (χ4n) is 11.9. The van der Waals surface area contributed by atoms with E-state index in [1.165, 1.54) is 30.5 Å². The molecule has 9 aromatic rings. The monoisotopic (exact) mass is 1450 g/mol. The summed E-state index contributed by atoms with van der Waals surface area (Å²) in [5.41, 5.74) is 17.8. The fourth-order valence-corrected chi connectivity index (χ4v) is 14.3. The van der Waals surface area contributed by atoms with E-state index in [0.717, 1.165) is 65.6 Å². The number of aromatic amines is 3. The van der Waals surface area contributed by atoms with E-state index in [-0.39, 0.29) is 102 Å². The maximum atomic E-state index is 14.1. The number of guanidine groups is 1. The fraction of sp³-hybridized carbons (Fsp3) is 0.290. The minimum atomic E-state index is -1.83. The number of carbonyl (C=O) groups excluding carboxylic acids is 7. The van der Waals surface area contributed by atoms with Crippen molar-refractivity contribution in [1.82, 2.24) is 51.2 Å². The van der Waals surface area contributed by atoms with Gasteiger partial charge in [-0.3, -0.25) is 53.5 Å². The van der Waals surface area contributed by atoms with Crippen molar-refractivity contribution < 1.29 is 63.3 Å². The number of aryl methyl sites for hydroxylation is 1. The lowest BCUT2D eigenvalue weighted by Crippen LogP contribution is -2.54. The zero-order chi connectivity index (χ0) is 72.9. The molecule has 0 saturated heterocycles. The van der Waals surface area contributed by atoms with Gasteiger partial charge in [0.1, 0.15) is 29.6 Å². The van der Waals surface area contributed by atoms with Crippen LogP contribution >= 0.6 is 33.2 Å². The normalized spacial score (nSPS) is 13.7. The zero-order valence-corrected chi connectivity index (χ0v) is 57.0. The number of hydrogen-bond donors (Lipinski definition) is 15. The number of nitrogens with zero attached hydrogens (tertiary/aromatic N) is 4. The Morgan fingerprint density at radius 2 is 1.45 bits per heavy atom. The maximum absolute atomic E-state index is 14.1. The Kier molecular flexibility index (Phi) is 23.9. The second-order valence-corrected chi connectivity index (χ2v) is 27.3. The van der Waals surface area contributed by atoms with E-state index in [4.69, 9.17) is 28.5 Å². The van der Waals surface area contributed by atoms with Crippen LogP contribution in [0.1, 0.15) is 105 Å². The van der Waals surface area contributed by atoms with Gasteiger partial charge in [-0.1, -0.05) is 51.9 Å². The van der Waals surface area contributed by atoms with Crippen LogP contribution in [0.15, 0.2) is 114 Å². The summed E-state index contributed by atoms with van der Waals surface area (Å²) in [6.07, 6.45) is -0.869. The molecule has 530 valence electrons. The van der Waals surface area contributed by atoms with Gasteiger partial charge in [0.15, 0.2) is 22.9 Å². The lowest BCUT2D eigenvalue weighted by molar-refractivity contribution is -0.143. The first-order valence-electron chi connectivity index (χ1n) is 32.1. The second kappa shape index (κ2) is 33.2. The van der Waals surface area contributed by atoms with Gasteiger partial charge in [0, 0.05) is 112 Å². The Morgan fingerprint density at radius 3 is 2.18 bits per heavy atom. The number of aromatic nitrogens is 6. The van der Waals surface area contributed by atoms with Crippen LogP contribution in [0.5, 0.6) is 0 Å². The van der Waals surface area contributed by atoms with Gasteiger partial charge in [0.25, 0.3) is 17.4 Å². The number of rotatable bonds is 34. The number of nitrogens with one attached hydrogen (secondary N) is 10. The molecule has 5 atom stereocenters. The summed E-state index contributed by atoms with van der Waals surface area (Å²) >= 11 is 6.48. The number of ketones is 2. The van der Waals surface area contributed by atoms with Crippen molar-refractivity contribution in [3.05, 3.63) is 159 Å². The molecule has 5 heterocycles. The number of anilines is 4. The lowest BCUT2D eigenvalue weighted by Gasteiger charge is -2.23. The Balaban J connectivity index is 0.667. The van der Waals surface area contributed by atoms with E-state index in [9.17, 15) is 68.1 Å². The van der Waals surface area contributed by atoms with E-state index < -0.39 is 96.7 Å². The molecule has 1 aliphatic heterocycles. The molecule has 10 rings (SSSR count). The van der Waals surface area contributed by atoms with E-state index in [0.29, 0.717) is 51.8 Å². The van der Waals surface area contributed by atoms with Gasteiger partial charge < -0.3 is 73.6 Å². The number of fused-ring (bicyclic) bond motifs is 6. The summed E-state index contributed by atoms with van der Waals surface area (Å²) in [5, 5.41) is 56.4. The number of amides is 5. The Hall–Kier alpha value is -11.4. The standard InChI is InChI=1S/C69H71ClN16O14S2/c1-34-21-54-58(46-7-3-2-6-45(34)46)40(29-70)32-86(54)65(96)52-27-38-22-35(8-15-47(38)80-52)23-55(88)50-26-39-24-42(13-16-48(39)79-50)77-56(89)18-20-101-102-33-53(67(99)100)83-63(94)51(28-57(90)91)82-62(93)37(5-4-19-74-68(71)72)25-44(87)14-17-49(66(97)98)81-61(92)36-9-11-41(12-10-36)75-30-43-31-76-60-59(78-43)64(95)85-69(73)84-60/h2-3,6-13,15-16,21-22,24,26-27,31,37,40,49,51,53,75,79-80H,4-5,14,17-20,23,25,28-30,32-33H2,1H3,(H,77,89)(H,81,92)(H,82,93)(H,83,94)(H,90,91)(H,97,98)(H,99,100)(H4,71,72,74)(H3,73,76,84,85,95)/t37-,40?,49+,51+,53?/m0/s1. The van der Waals surface area contributed by atoms with Crippen molar-refractivity contribution in [1.29, 1.82) is 5.41 Å². The van der Waals surface area contributed by atoms with Crippen molar-refractivity contribution >= 4 is 165 Å². The molecule has 30 nitrogen and oxygen atoms in total. The molecule has 4 aromatic heterocycles. The summed E-state index contributed by atoms with van der Waals surface area (Å²) in [6.45, 7) is 2.67. The number of hydrogen-bond acceptors (Lipinski definition) is 19. The minimum Gasteiger partial charge on any atom is -0.481 e. The first-order valence-corrected chi connectivity index (χ1v) is 35.2. The van der Waals surface area contributed by atoms with Gasteiger partial charge in [-0.15, -0.1) is 11.6 Å². The third-order valence-electron chi connectivity index (χ3n) is 17.0. The summed E-state index contributed by atoms with van der Waals surface area (Å²) in [4.78, 5) is 167. The molecule has 0 aliphatic carbocycles. The smallest absolute Gasteiger partial charge is 0.327 e. The average molecular weight is 1450 g/mol. The number of halogens is 1. The summed E-state index contributed by atoms with van der Waals surface area (Å²) in [7, 11) is 2.14. The summed E-state index contributed by atoms with van der Waals surface area (Å²) < 4.78 is 0. The number of nitrogens with two attached hydrogens (primary N) is 2. The number of nitrogen functional groups attached to an aromatic ring is 1. The van der Waals surface area contributed by atoms with E-state index in [1.54, 1.807) is 35.2 Å². The van der Waals surface area contributed by atoms with Crippen molar-refractivity contribution in [2.75, 3.05) is 51.7 Å². The highest BCUT2D eigenvalue weighted by Gasteiger charge is 2.36. The van der Waals surface area contributed by atoms with Gasteiger partial charge in [-0.25, -0.2) is 19.6 Å². The van der Waals surface area contributed by atoms with Gasteiger partial charge in [0.05, 0.1) is 30.6 Å². The molecule has 2 unspecified atom stereocenters. The highest BCUT2D eigenvalue weighted by molar-refractivity contribution is 8.76. The average Bonchev–Trinajstić information content (AvgIpc) is 1.58. The molecule has 5 aromatic carbocycles. The topological polar surface area (TPSA) is 486 Å². The molecule has 0 radical (unpaired) electrons. The number of H-pyrrole nitrogens is 3. The Labute approximate surface area is 593 Å². The molecule has 0 spiro atoms. The highest BCUT2D eigenvalue weighted by atomic mass is 35.5. The highest BCUT2D eigenvalue weighted by Crippen LogP contribution is 2.44. The zero-order valence-electron chi connectivity index (χ0n) is 54.6. The Morgan fingerprint density at radius 1 is 0.755 bits per heavy atom. The molecule has 5 amide bonds. The number of carbonyl (C=O) groups is 10. The molecule has 17 N–H and O–H groups in total. The Bertz CT molecular complexity index is 4840. The van der Waals surface area contributed by atoms with Crippen LogP contribution in [0.3, 0.4) is 0 Å². The number of benzene rings is 5. The van der Waals surface area contributed by atoms with E-state index >= 15 is 0 Å². The molecular weight excluding hydrogens is 1380 g/mol. The van der Waals surface area contributed by atoms with Crippen molar-refractivity contribution in [3.8, 4) is 0 Å². The van der Waals surface area contributed by atoms with Crippen LogP contribution < -0.4 is 53.8 Å². The van der Waals surface area contributed by atoms with Crippen LogP contribution in [-0.2, 0) is 46.5 Å². The predicted octanol–water partition coefficient (Wildman–Crippen LogP) is 6.48. The van der Waals surface area contributed by atoms with Crippen LogP contribution in [0.25, 0.3) is 43.7 Å². The minimum absolute atomic E-state index is 0.0155. The summed E-state index contributed by atoms with van der Waals surface area (Å²) in [5.74, 6) is -10.3.